The van der Waals surface area contributed by atoms with E-state index >= 15 is 0 Å². The zero-order valence-corrected chi connectivity index (χ0v) is 16.0. The maximum Gasteiger partial charge on any atom is 0.0564 e. The van der Waals surface area contributed by atoms with E-state index < -0.39 is 0 Å². The van der Waals surface area contributed by atoms with E-state index in [4.69, 9.17) is 0 Å². The highest BCUT2D eigenvalue weighted by Gasteiger charge is 2.27. The molecule has 2 nitrogen and oxygen atoms in total. The lowest BCUT2D eigenvalue weighted by Gasteiger charge is -2.37. The zero-order valence-electron chi connectivity index (χ0n) is 14.4. The molecule has 2 heterocycles. The first-order chi connectivity index (χ1) is 11.8. The molecule has 0 radical (unpaired) electrons. The van der Waals surface area contributed by atoms with Crippen molar-refractivity contribution in [2.75, 3.05) is 24.2 Å². The summed E-state index contributed by atoms with van der Waals surface area (Å²) in [5.74, 6) is 0. The van der Waals surface area contributed by atoms with Gasteiger partial charge in [0, 0.05) is 27.3 Å². The molecule has 0 aromatic heterocycles. The van der Waals surface area contributed by atoms with E-state index in [1.54, 1.807) is 0 Å². The van der Waals surface area contributed by atoms with Crippen LogP contribution in [0.5, 0.6) is 0 Å². The maximum absolute atomic E-state index is 3.71. The lowest BCUT2D eigenvalue weighted by molar-refractivity contribution is 0.385. The van der Waals surface area contributed by atoms with E-state index in [2.05, 4.69) is 46.8 Å². The summed E-state index contributed by atoms with van der Waals surface area (Å²) in [6, 6.07) is 7.64. The minimum atomic E-state index is 0.692. The smallest absolute Gasteiger partial charge is 0.0564 e. The van der Waals surface area contributed by atoms with Crippen LogP contribution >= 0.6 is 23.5 Å². The summed E-state index contributed by atoms with van der Waals surface area (Å²) >= 11 is 3.79. The number of nitrogens with zero attached hydrogens (tertiary/aromatic N) is 1. The van der Waals surface area contributed by atoms with Crippen molar-refractivity contribution >= 4 is 29.2 Å². The van der Waals surface area contributed by atoms with Crippen LogP contribution in [0.2, 0.25) is 0 Å². The quantitative estimate of drug-likeness (QED) is 0.723. The molecule has 1 aromatic carbocycles. The first kappa shape index (κ1) is 16.6. The number of piperidine rings is 1. The second kappa shape index (κ2) is 7.59. The lowest BCUT2D eigenvalue weighted by Crippen LogP contribution is -2.38. The fraction of sp³-hybridized carbons (Fsp3) is 0.500. The van der Waals surface area contributed by atoms with E-state index in [-0.39, 0.29) is 0 Å². The van der Waals surface area contributed by atoms with Crippen LogP contribution in [0.1, 0.15) is 38.5 Å². The minimum absolute atomic E-state index is 0.692. The molecule has 1 unspecified atom stereocenters. The fourth-order valence-electron chi connectivity index (χ4n) is 3.84. The molecule has 4 rings (SSSR count). The second-order valence-electron chi connectivity index (χ2n) is 6.76. The van der Waals surface area contributed by atoms with Crippen molar-refractivity contribution in [2.45, 2.75) is 54.4 Å². The normalized spacial score (nSPS) is 23.2. The van der Waals surface area contributed by atoms with Crippen LogP contribution in [-0.2, 0) is 0 Å². The second-order valence-corrected chi connectivity index (χ2v) is 8.72. The van der Waals surface area contributed by atoms with Gasteiger partial charge in [-0.3, -0.25) is 0 Å². The van der Waals surface area contributed by atoms with E-state index in [0.29, 0.717) is 6.04 Å². The molecular formula is C20H26N2S2. The van der Waals surface area contributed by atoms with Gasteiger partial charge in [-0.2, -0.15) is 0 Å². The van der Waals surface area contributed by atoms with Crippen LogP contribution in [0, 0.1) is 0 Å². The average molecular weight is 359 g/mol. The van der Waals surface area contributed by atoms with Gasteiger partial charge in [0.2, 0.25) is 0 Å². The molecule has 3 aliphatic rings. The van der Waals surface area contributed by atoms with Crippen molar-refractivity contribution < 1.29 is 0 Å². The topological polar surface area (TPSA) is 15.3 Å². The number of anilines is 1. The molecule has 2 aliphatic heterocycles. The van der Waals surface area contributed by atoms with Gasteiger partial charge in [0.25, 0.3) is 0 Å². The predicted octanol–water partition coefficient (Wildman–Crippen LogP) is 5.41. The maximum atomic E-state index is 3.71. The van der Waals surface area contributed by atoms with Crippen molar-refractivity contribution in [2.24, 2.45) is 0 Å². The van der Waals surface area contributed by atoms with Crippen molar-refractivity contribution in [3.8, 4) is 0 Å². The van der Waals surface area contributed by atoms with Gasteiger partial charge in [0.05, 0.1) is 11.4 Å². The van der Waals surface area contributed by atoms with E-state index in [9.17, 15) is 0 Å². The van der Waals surface area contributed by atoms with Crippen molar-refractivity contribution in [3.63, 3.8) is 0 Å². The van der Waals surface area contributed by atoms with Crippen LogP contribution < -0.4 is 10.2 Å². The van der Waals surface area contributed by atoms with Crippen molar-refractivity contribution in [1.29, 1.82) is 0 Å². The Morgan fingerprint density at radius 1 is 1.25 bits per heavy atom. The SMILES string of the molecule is CSc1ccc2c(c1)N(CCC1CCCCN1)C1=CCCC=C1S2. The number of hydrogen-bond acceptors (Lipinski definition) is 4. The molecule has 1 N–H and O–H groups in total. The number of nitrogens with one attached hydrogen (secondary N) is 1. The largest absolute Gasteiger partial charge is 0.340 e. The fourth-order valence-corrected chi connectivity index (χ4v) is 5.42. The van der Waals surface area contributed by atoms with Crippen LogP contribution in [-0.4, -0.2) is 25.4 Å². The Labute approximate surface area is 154 Å². The first-order valence-corrected chi connectivity index (χ1v) is 11.2. The molecule has 4 heteroatoms. The van der Waals surface area contributed by atoms with Gasteiger partial charge >= 0.3 is 0 Å². The monoisotopic (exact) mass is 358 g/mol. The summed E-state index contributed by atoms with van der Waals surface area (Å²) in [5, 5.41) is 3.71. The standard InChI is InChI=1S/C20H26N2S2/c1-23-16-9-10-20-18(14-16)22(13-11-15-6-4-5-12-21-15)17-7-2-3-8-19(17)24-20/h7-10,14-15,21H,2-6,11-13H2,1H3. The molecule has 24 heavy (non-hydrogen) atoms. The van der Waals surface area contributed by atoms with Crippen LogP contribution in [0.15, 0.2) is 50.7 Å². The minimum Gasteiger partial charge on any atom is -0.340 e. The summed E-state index contributed by atoms with van der Waals surface area (Å²) in [4.78, 5) is 6.82. The summed E-state index contributed by atoms with van der Waals surface area (Å²) in [5.41, 5.74) is 2.86. The zero-order chi connectivity index (χ0) is 16.4. The van der Waals surface area contributed by atoms with Gasteiger partial charge < -0.3 is 10.2 Å². The third-order valence-electron chi connectivity index (χ3n) is 5.17. The number of hydrogen-bond donors (Lipinski definition) is 1. The molecule has 0 bridgehead atoms. The molecule has 1 saturated heterocycles. The first-order valence-electron chi connectivity index (χ1n) is 9.12. The highest BCUT2D eigenvalue weighted by atomic mass is 32.2. The Hall–Kier alpha value is -0.840. The number of benzene rings is 1. The molecule has 1 aliphatic carbocycles. The third kappa shape index (κ3) is 3.42. The molecule has 128 valence electrons. The molecular weight excluding hydrogens is 332 g/mol. The van der Waals surface area contributed by atoms with Crippen molar-refractivity contribution in [1.82, 2.24) is 5.32 Å². The molecule has 1 aromatic rings. The third-order valence-corrected chi connectivity index (χ3v) is 7.05. The van der Waals surface area contributed by atoms with Crippen LogP contribution in [0.4, 0.5) is 5.69 Å². The molecule has 0 amide bonds. The summed E-state index contributed by atoms with van der Waals surface area (Å²) < 4.78 is 0. The van der Waals surface area contributed by atoms with Gasteiger partial charge in [-0.1, -0.05) is 30.3 Å². The van der Waals surface area contributed by atoms with Crippen LogP contribution in [0.25, 0.3) is 0 Å². The van der Waals surface area contributed by atoms with Crippen molar-refractivity contribution in [3.05, 3.63) is 41.0 Å². The number of rotatable bonds is 4. The number of allylic oxidation sites excluding steroid dienone is 2. The Bertz CT molecular complexity index is 660. The van der Waals surface area contributed by atoms with E-state index in [0.717, 1.165) is 6.54 Å². The Morgan fingerprint density at radius 2 is 2.17 bits per heavy atom. The Balaban J connectivity index is 1.61. The van der Waals surface area contributed by atoms with E-state index in [1.807, 2.05) is 23.5 Å². The average Bonchev–Trinajstić information content (AvgIpc) is 2.65. The van der Waals surface area contributed by atoms with Gasteiger partial charge in [0.1, 0.15) is 0 Å². The van der Waals surface area contributed by atoms with E-state index in [1.165, 1.54) is 71.2 Å². The summed E-state index contributed by atoms with van der Waals surface area (Å²) in [7, 11) is 0. The Kier molecular flexibility index (Phi) is 5.25. The Morgan fingerprint density at radius 3 is 3.00 bits per heavy atom. The summed E-state index contributed by atoms with van der Waals surface area (Å²) in [6.07, 6.45) is 14.7. The highest BCUT2D eigenvalue weighted by Crippen LogP contribution is 2.48. The molecule has 1 fully saturated rings. The number of thioether (sulfide) groups is 2. The van der Waals surface area contributed by atoms with Crippen LogP contribution in [0.3, 0.4) is 0 Å². The predicted molar refractivity (Wildman–Crippen MR) is 107 cm³/mol. The molecule has 0 spiro atoms. The molecule has 0 saturated carbocycles. The molecule has 1 atom stereocenters. The van der Waals surface area contributed by atoms with Gasteiger partial charge in [-0.15, -0.1) is 11.8 Å². The summed E-state index contributed by atoms with van der Waals surface area (Å²) in [6.45, 7) is 2.31. The van der Waals surface area contributed by atoms with Gasteiger partial charge in [-0.05, 0) is 63.1 Å². The lowest BCUT2D eigenvalue weighted by atomic mass is 10.0. The van der Waals surface area contributed by atoms with Gasteiger partial charge in [0.15, 0.2) is 0 Å². The highest BCUT2D eigenvalue weighted by molar-refractivity contribution is 8.03. The van der Waals surface area contributed by atoms with Gasteiger partial charge in [-0.25, -0.2) is 0 Å². The number of fused-ring (bicyclic) bond motifs is 2.